The van der Waals surface area contributed by atoms with Gasteiger partial charge in [-0.3, -0.25) is 4.79 Å². The van der Waals surface area contributed by atoms with Gasteiger partial charge in [-0.1, -0.05) is 20.8 Å². The minimum Gasteiger partial charge on any atom is -0.496 e. The first kappa shape index (κ1) is 32.3. The molecular weight excluding hydrogens is 562 g/mol. The number of morpholine rings is 1. The molecule has 1 aliphatic rings. The number of carbonyl (C=O) groups excluding carboxylic acids is 1. The van der Waals surface area contributed by atoms with Gasteiger partial charge >= 0.3 is 5.97 Å². The molecule has 3 aromatic rings. The van der Waals surface area contributed by atoms with E-state index in [1.54, 1.807) is 27.9 Å². The average molecular weight is 606 g/mol. The minimum atomic E-state index is -1.99. The first-order valence-electron chi connectivity index (χ1n) is 14.6. The van der Waals surface area contributed by atoms with E-state index in [4.69, 9.17) is 28.6 Å². The summed E-state index contributed by atoms with van der Waals surface area (Å²) >= 11 is 0. The van der Waals surface area contributed by atoms with Crippen molar-refractivity contribution in [2.75, 3.05) is 38.3 Å². The molecule has 0 spiro atoms. The van der Waals surface area contributed by atoms with E-state index in [1.807, 2.05) is 36.4 Å². The lowest BCUT2D eigenvalue weighted by molar-refractivity contribution is -0.155. The van der Waals surface area contributed by atoms with Crippen molar-refractivity contribution in [2.24, 2.45) is 0 Å². The monoisotopic (exact) mass is 605 g/mol. The van der Waals surface area contributed by atoms with E-state index in [-0.39, 0.29) is 10.9 Å². The van der Waals surface area contributed by atoms with Crippen molar-refractivity contribution in [3.05, 3.63) is 41.7 Å². The van der Waals surface area contributed by atoms with Gasteiger partial charge in [-0.05, 0) is 69.2 Å². The van der Waals surface area contributed by atoms with Crippen LogP contribution in [-0.2, 0) is 25.3 Å². The molecular formula is C32H43N5O5Si. The van der Waals surface area contributed by atoms with Crippen LogP contribution in [0, 0.1) is 11.3 Å². The topological polar surface area (TPSA) is 120 Å². The number of carbonyl (C=O) groups is 1. The summed E-state index contributed by atoms with van der Waals surface area (Å²) in [7, 11) is -0.337. The number of fused-ring (bicyclic) bond motifs is 1. The van der Waals surface area contributed by atoms with Crippen molar-refractivity contribution in [3.8, 4) is 23.1 Å². The summed E-state index contributed by atoms with van der Waals surface area (Å²) in [6, 6.07) is 11.8. The molecule has 0 bridgehead atoms. The zero-order valence-corrected chi connectivity index (χ0v) is 27.8. The van der Waals surface area contributed by atoms with Crippen LogP contribution in [0.4, 0.5) is 5.82 Å². The predicted molar refractivity (Wildman–Crippen MR) is 169 cm³/mol. The van der Waals surface area contributed by atoms with Gasteiger partial charge in [-0.2, -0.15) is 5.26 Å². The number of aromatic nitrogens is 3. The van der Waals surface area contributed by atoms with E-state index < -0.39 is 25.8 Å². The highest BCUT2D eigenvalue weighted by molar-refractivity contribution is 6.74. The number of esters is 1. The fraction of sp³-hybridized carbons (Fsp3) is 0.531. The fourth-order valence-electron chi connectivity index (χ4n) is 4.42. The highest BCUT2D eigenvalue weighted by Crippen LogP contribution is 2.38. The SMILES string of the molecule is COc1ccc(-c2ccc3c(N4CCOCC4)nc(C(C#N)C(=O)OC(C)(C)C)nc3n2)cc1CO[Si](C)(C)C(C)(C)C. The van der Waals surface area contributed by atoms with Crippen LogP contribution >= 0.6 is 0 Å². The molecule has 11 heteroatoms. The molecule has 1 unspecified atom stereocenters. The lowest BCUT2D eigenvalue weighted by Crippen LogP contribution is -2.40. The van der Waals surface area contributed by atoms with Gasteiger partial charge in [0.25, 0.3) is 0 Å². The van der Waals surface area contributed by atoms with Gasteiger partial charge in [-0.25, -0.2) is 15.0 Å². The molecule has 0 aliphatic carbocycles. The molecule has 1 aromatic carbocycles. The van der Waals surface area contributed by atoms with Crippen molar-refractivity contribution >= 4 is 31.1 Å². The van der Waals surface area contributed by atoms with E-state index >= 15 is 0 Å². The Labute approximate surface area is 255 Å². The maximum atomic E-state index is 13.0. The standard InChI is InChI=1S/C32H43N5O5Si/c1-31(2,3)42-30(38)24(19-33)28-35-27-23(29(36-28)37-14-16-40-17-15-37)11-12-25(34-27)21-10-13-26(39-7)22(18-21)20-41-43(8,9)32(4,5)6/h10-13,18,24H,14-17,20H2,1-9H3. The van der Waals surface area contributed by atoms with Gasteiger partial charge in [0, 0.05) is 24.2 Å². The summed E-state index contributed by atoms with van der Waals surface area (Å²) in [4.78, 5) is 29.3. The van der Waals surface area contributed by atoms with E-state index in [0.29, 0.717) is 50.1 Å². The molecule has 0 N–H and O–H groups in total. The largest absolute Gasteiger partial charge is 0.496 e. The number of ether oxygens (including phenoxy) is 3. The maximum absolute atomic E-state index is 13.0. The van der Waals surface area contributed by atoms with Crippen LogP contribution in [0.25, 0.3) is 22.3 Å². The molecule has 10 nitrogen and oxygen atoms in total. The molecule has 0 amide bonds. The average Bonchev–Trinajstić information content (AvgIpc) is 2.94. The third kappa shape index (κ3) is 7.50. The first-order valence-corrected chi connectivity index (χ1v) is 17.5. The van der Waals surface area contributed by atoms with E-state index in [9.17, 15) is 10.1 Å². The number of nitriles is 1. The van der Waals surface area contributed by atoms with E-state index in [2.05, 4.69) is 43.7 Å². The number of benzene rings is 1. The molecule has 3 heterocycles. The molecule has 0 radical (unpaired) electrons. The van der Waals surface area contributed by atoms with Crippen molar-refractivity contribution in [3.63, 3.8) is 0 Å². The van der Waals surface area contributed by atoms with Crippen molar-refractivity contribution < 1.29 is 23.4 Å². The van der Waals surface area contributed by atoms with Gasteiger partial charge in [0.15, 0.2) is 19.8 Å². The zero-order valence-electron chi connectivity index (χ0n) is 26.8. The molecule has 1 fully saturated rings. The van der Waals surface area contributed by atoms with Gasteiger partial charge in [-0.15, -0.1) is 0 Å². The third-order valence-corrected chi connectivity index (χ3v) is 12.3. The quantitative estimate of drug-likeness (QED) is 0.223. The van der Waals surface area contributed by atoms with Crippen LogP contribution < -0.4 is 9.64 Å². The molecule has 43 heavy (non-hydrogen) atoms. The molecule has 1 atom stereocenters. The van der Waals surface area contributed by atoms with Gasteiger partial charge in [0.2, 0.25) is 5.92 Å². The van der Waals surface area contributed by atoms with E-state index in [1.165, 1.54) is 0 Å². The smallest absolute Gasteiger partial charge is 0.331 e. The van der Waals surface area contributed by atoms with Crippen molar-refractivity contribution in [1.29, 1.82) is 5.26 Å². The number of methoxy groups -OCH3 is 1. The second-order valence-corrected chi connectivity index (χ2v) is 18.1. The number of anilines is 1. The summed E-state index contributed by atoms with van der Waals surface area (Å²) in [6.45, 7) is 19.1. The Morgan fingerprint density at radius 2 is 1.77 bits per heavy atom. The summed E-state index contributed by atoms with van der Waals surface area (Å²) in [6.07, 6.45) is 0. The third-order valence-electron chi connectivity index (χ3n) is 7.87. The molecule has 2 aromatic heterocycles. The second-order valence-electron chi connectivity index (χ2n) is 13.2. The van der Waals surface area contributed by atoms with Crippen molar-refractivity contribution in [1.82, 2.24) is 15.0 Å². The van der Waals surface area contributed by atoms with E-state index in [0.717, 1.165) is 22.3 Å². The lowest BCUT2D eigenvalue weighted by Gasteiger charge is -2.36. The van der Waals surface area contributed by atoms with Crippen molar-refractivity contribution in [2.45, 2.75) is 77.8 Å². The van der Waals surface area contributed by atoms with Gasteiger partial charge < -0.3 is 23.5 Å². The number of pyridine rings is 1. The zero-order chi connectivity index (χ0) is 31.6. The summed E-state index contributed by atoms with van der Waals surface area (Å²) < 4.78 is 23.2. The minimum absolute atomic E-state index is 0.0635. The number of nitrogens with zero attached hydrogens (tertiary/aromatic N) is 5. The fourth-order valence-corrected chi connectivity index (χ4v) is 5.37. The Morgan fingerprint density at radius 1 is 1.07 bits per heavy atom. The van der Waals surface area contributed by atoms with Gasteiger partial charge in [0.05, 0.1) is 44.1 Å². The number of hydrogen-bond donors (Lipinski definition) is 0. The summed E-state index contributed by atoms with van der Waals surface area (Å²) in [5.41, 5.74) is 2.11. The molecule has 230 valence electrons. The molecule has 0 saturated carbocycles. The van der Waals surface area contributed by atoms with Crippen LogP contribution in [0.5, 0.6) is 5.75 Å². The highest BCUT2D eigenvalue weighted by Gasteiger charge is 2.37. The molecule has 1 aliphatic heterocycles. The Kier molecular flexibility index (Phi) is 9.44. The Morgan fingerprint density at radius 3 is 2.37 bits per heavy atom. The first-order chi connectivity index (χ1) is 20.1. The van der Waals surface area contributed by atoms with Crippen LogP contribution in [-0.4, -0.2) is 68.3 Å². The predicted octanol–water partition coefficient (Wildman–Crippen LogP) is 6.01. The second kappa shape index (κ2) is 12.6. The van der Waals surface area contributed by atoms with Crippen LogP contribution in [0.3, 0.4) is 0 Å². The summed E-state index contributed by atoms with van der Waals surface area (Å²) in [5.74, 6) is -0.566. The normalized spacial score (nSPS) is 15.2. The Balaban J connectivity index is 1.79. The number of hydrogen-bond acceptors (Lipinski definition) is 10. The van der Waals surface area contributed by atoms with Crippen LogP contribution in [0.2, 0.25) is 18.1 Å². The van der Waals surface area contributed by atoms with Crippen LogP contribution in [0.15, 0.2) is 30.3 Å². The Hall–Kier alpha value is -3.59. The summed E-state index contributed by atoms with van der Waals surface area (Å²) in [5, 5.41) is 10.8. The highest BCUT2D eigenvalue weighted by atomic mass is 28.4. The van der Waals surface area contributed by atoms with Crippen LogP contribution in [0.1, 0.15) is 58.8 Å². The maximum Gasteiger partial charge on any atom is 0.331 e. The number of rotatable bonds is 8. The van der Waals surface area contributed by atoms with Gasteiger partial charge in [0.1, 0.15) is 17.2 Å². The molecule has 1 saturated heterocycles. The molecule has 4 rings (SSSR count). The lowest BCUT2D eigenvalue weighted by atomic mass is 10.1. The Bertz CT molecular complexity index is 1520.